The van der Waals surface area contributed by atoms with E-state index in [-0.39, 0.29) is 11.7 Å². The second kappa shape index (κ2) is 9.47. The molecule has 1 amide bonds. The summed E-state index contributed by atoms with van der Waals surface area (Å²) in [5, 5.41) is 3.42. The van der Waals surface area contributed by atoms with Crippen LogP contribution < -0.4 is 5.32 Å². The molecular weight excluding hydrogens is 329 g/mol. The molecule has 5 heteroatoms. The standard InChI is InChI=1S/C21H32FN3O/c1-2-23-14-17-8-11-25(12-9-17)21(26)19-6-4-10-24(16-19)15-18-5-3-7-20(22)13-18/h3,5,7,13,17,19,23H,2,4,6,8-12,14-16H2,1H3. The first-order valence-electron chi connectivity index (χ1n) is 10.1. The van der Waals surface area contributed by atoms with Crippen molar-refractivity contribution in [3.63, 3.8) is 0 Å². The van der Waals surface area contributed by atoms with Crippen molar-refractivity contribution in [2.45, 2.75) is 39.2 Å². The maximum atomic E-state index is 13.4. The van der Waals surface area contributed by atoms with E-state index in [2.05, 4.69) is 22.0 Å². The summed E-state index contributed by atoms with van der Waals surface area (Å²) in [5.41, 5.74) is 0.988. The molecule has 0 saturated carbocycles. The molecule has 0 aromatic heterocycles. The van der Waals surface area contributed by atoms with Crippen LogP contribution in [-0.2, 0) is 11.3 Å². The number of hydrogen-bond donors (Lipinski definition) is 1. The lowest BCUT2D eigenvalue weighted by molar-refractivity contribution is -0.138. The Bertz CT molecular complexity index is 586. The molecule has 0 spiro atoms. The number of nitrogens with zero attached hydrogens (tertiary/aromatic N) is 2. The topological polar surface area (TPSA) is 35.6 Å². The second-order valence-electron chi connectivity index (χ2n) is 7.78. The van der Waals surface area contributed by atoms with Crippen molar-refractivity contribution >= 4 is 5.91 Å². The van der Waals surface area contributed by atoms with Gasteiger partial charge in [-0.3, -0.25) is 9.69 Å². The van der Waals surface area contributed by atoms with Crippen LogP contribution in [0, 0.1) is 17.7 Å². The Kier molecular flexibility index (Phi) is 7.03. The predicted octanol–water partition coefficient (Wildman–Crippen LogP) is 2.89. The Morgan fingerprint density at radius 1 is 1.23 bits per heavy atom. The molecule has 2 fully saturated rings. The second-order valence-corrected chi connectivity index (χ2v) is 7.78. The molecule has 2 aliphatic rings. The van der Waals surface area contributed by atoms with Crippen LogP contribution >= 0.6 is 0 Å². The molecule has 2 aliphatic heterocycles. The minimum Gasteiger partial charge on any atom is -0.342 e. The van der Waals surface area contributed by atoms with Crippen LogP contribution in [0.1, 0.15) is 38.2 Å². The van der Waals surface area contributed by atoms with E-state index in [1.807, 2.05) is 6.07 Å². The predicted molar refractivity (Wildman–Crippen MR) is 102 cm³/mol. The van der Waals surface area contributed by atoms with Crippen molar-refractivity contribution in [1.29, 1.82) is 0 Å². The smallest absolute Gasteiger partial charge is 0.226 e. The zero-order valence-electron chi connectivity index (χ0n) is 15.9. The molecule has 2 heterocycles. The van der Waals surface area contributed by atoms with Crippen LogP contribution in [0.2, 0.25) is 0 Å². The van der Waals surface area contributed by atoms with Crippen LogP contribution in [0.3, 0.4) is 0 Å². The van der Waals surface area contributed by atoms with Gasteiger partial charge in [0.2, 0.25) is 5.91 Å². The molecule has 4 nitrogen and oxygen atoms in total. The van der Waals surface area contributed by atoms with Crippen molar-refractivity contribution < 1.29 is 9.18 Å². The van der Waals surface area contributed by atoms with Gasteiger partial charge in [0.25, 0.3) is 0 Å². The van der Waals surface area contributed by atoms with Gasteiger partial charge < -0.3 is 10.2 Å². The average molecular weight is 362 g/mol. The van der Waals surface area contributed by atoms with Gasteiger partial charge in [0.15, 0.2) is 0 Å². The van der Waals surface area contributed by atoms with Gasteiger partial charge in [-0.2, -0.15) is 0 Å². The zero-order chi connectivity index (χ0) is 18.4. The van der Waals surface area contributed by atoms with E-state index in [0.29, 0.717) is 11.8 Å². The largest absolute Gasteiger partial charge is 0.342 e. The van der Waals surface area contributed by atoms with E-state index in [1.165, 1.54) is 6.07 Å². The highest BCUT2D eigenvalue weighted by molar-refractivity contribution is 5.79. The fourth-order valence-electron chi connectivity index (χ4n) is 4.26. The SMILES string of the molecule is CCNCC1CCN(C(=O)C2CCCN(Cc3cccc(F)c3)C2)CC1. The molecule has 0 radical (unpaired) electrons. The third-order valence-electron chi connectivity index (χ3n) is 5.76. The summed E-state index contributed by atoms with van der Waals surface area (Å²) in [4.78, 5) is 17.3. The van der Waals surface area contributed by atoms with Gasteiger partial charge in [0, 0.05) is 26.2 Å². The number of benzene rings is 1. The molecular formula is C21H32FN3O. The third kappa shape index (κ3) is 5.27. The van der Waals surface area contributed by atoms with Gasteiger partial charge in [-0.15, -0.1) is 0 Å². The number of rotatable bonds is 6. The first-order chi connectivity index (χ1) is 12.7. The van der Waals surface area contributed by atoms with Gasteiger partial charge in [0.05, 0.1) is 5.92 Å². The minimum atomic E-state index is -0.187. The Hall–Kier alpha value is -1.46. The Morgan fingerprint density at radius 2 is 2.04 bits per heavy atom. The van der Waals surface area contributed by atoms with E-state index in [4.69, 9.17) is 0 Å². The van der Waals surface area contributed by atoms with Crippen LogP contribution in [0.4, 0.5) is 4.39 Å². The highest BCUT2D eigenvalue weighted by atomic mass is 19.1. The molecule has 0 aliphatic carbocycles. The average Bonchev–Trinajstić information content (AvgIpc) is 2.66. The van der Waals surface area contributed by atoms with E-state index >= 15 is 0 Å². The molecule has 2 saturated heterocycles. The lowest BCUT2D eigenvalue weighted by Crippen LogP contribution is -2.47. The molecule has 1 atom stereocenters. The summed E-state index contributed by atoms with van der Waals surface area (Å²) < 4.78 is 13.4. The number of amides is 1. The number of likely N-dealkylation sites (tertiary alicyclic amines) is 2. The maximum Gasteiger partial charge on any atom is 0.226 e. The molecule has 3 rings (SSSR count). The van der Waals surface area contributed by atoms with E-state index in [9.17, 15) is 9.18 Å². The lowest BCUT2D eigenvalue weighted by Gasteiger charge is -2.38. The molecule has 0 bridgehead atoms. The van der Waals surface area contributed by atoms with Crippen molar-refractivity contribution in [1.82, 2.24) is 15.1 Å². The quantitative estimate of drug-likeness (QED) is 0.846. The Balaban J connectivity index is 1.49. The lowest BCUT2D eigenvalue weighted by atomic mass is 9.92. The summed E-state index contributed by atoms with van der Waals surface area (Å²) in [7, 11) is 0. The highest BCUT2D eigenvalue weighted by Crippen LogP contribution is 2.24. The Labute approximate surface area is 156 Å². The van der Waals surface area contributed by atoms with Crippen molar-refractivity contribution in [2.24, 2.45) is 11.8 Å². The number of carbonyl (C=O) groups excluding carboxylic acids is 1. The summed E-state index contributed by atoms with van der Waals surface area (Å²) in [6.07, 6.45) is 4.25. The zero-order valence-corrected chi connectivity index (χ0v) is 15.9. The molecule has 1 aromatic rings. The van der Waals surface area contributed by atoms with E-state index < -0.39 is 0 Å². The fraction of sp³-hybridized carbons (Fsp3) is 0.667. The number of piperidine rings is 2. The molecule has 144 valence electrons. The van der Waals surface area contributed by atoms with Crippen molar-refractivity contribution in [2.75, 3.05) is 39.3 Å². The number of nitrogens with one attached hydrogen (secondary N) is 1. The van der Waals surface area contributed by atoms with Gasteiger partial charge in [-0.05, 0) is 68.9 Å². The first kappa shape index (κ1) is 19.3. The van der Waals surface area contributed by atoms with Crippen molar-refractivity contribution in [3.8, 4) is 0 Å². The highest BCUT2D eigenvalue weighted by Gasteiger charge is 2.31. The number of hydrogen-bond acceptors (Lipinski definition) is 3. The monoisotopic (exact) mass is 361 g/mol. The van der Waals surface area contributed by atoms with Crippen molar-refractivity contribution in [3.05, 3.63) is 35.6 Å². The normalized spacial score (nSPS) is 22.5. The molecule has 1 aromatic carbocycles. The van der Waals surface area contributed by atoms with Crippen LogP contribution in [-0.4, -0.2) is 55.0 Å². The van der Waals surface area contributed by atoms with E-state index in [1.54, 1.807) is 12.1 Å². The van der Waals surface area contributed by atoms with E-state index in [0.717, 1.165) is 77.1 Å². The Morgan fingerprint density at radius 3 is 2.77 bits per heavy atom. The van der Waals surface area contributed by atoms with Crippen LogP contribution in [0.15, 0.2) is 24.3 Å². The summed E-state index contributed by atoms with van der Waals surface area (Å²) in [6, 6.07) is 6.80. The summed E-state index contributed by atoms with van der Waals surface area (Å²) in [6.45, 7) is 8.54. The number of carbonyl (C=O) groups is 1. The summed E-state index contributed by atoms with van der Waals surface area (Å²) >= 11 is 0. The maximum absolute atomic E-state index is 13.4. The third-order valence-corrected chi connectivity index (χ3v) is 5.76. The number of halogens is 1. The van der Waals surface area contributed by atoms with Gasteiger partial charge >= 0.3 is 0 Å². The summed E-state index contributed by atoms with van der Waals surface area (Å²) in [5.74, 6) is 0.945. The minimum absolute atomic E-state index is 0.0997. The van der Waals surface area contributed by atoms with Gasteiger partial charge in [0.1, 0.15) is 5.82 Å². The molecule has 26 heavy (non-hydrogen) atoms. The van der Waals surface area contributed by atoms with Gasteiger partial charge in [-0.25, -0.2) is 4.39 Å². The van der Waals surface area contributed by atoms with Crippen LogP contribution in [0.5, 0.6) is 0 Å². The molecule has 1 unspecified atom stereocenters. The molecule has 1 N–H and O–H groups in total. The van der Waals surface area contributed by atoms with Gasteiger partial charge in [-0.1, -0.05) is 19.1 Å². The fourth-order valence-corrected chi connectivity index (χ4v) is 4.26. The first-order valence-corrected chi connectivity index (χ1v) is 10.1. The van der Waals surface area contributed by atoms with Crippen LogP contribution in [0.25, 0.3) is 0 Å².